The van der Waals surface area contributed by atoms with Gasteiger partial charge < -0.3 is 10.4 Å². The molecule has 1 atom stereocenters. The van der Waals surface area contributed by atoms with E-state index in [1.54, 1.807) is 19.2 Å². The molecule has 0 spiro atoms. The number of nitrogens with two attached hydrogens (primary N) is 1. The summed E-state index contributed by atoms with van der Waals surface area (Å²) < 4.78 is 28.1. The van der Waals surface area contributed by atoms with Crippen molar-refractivity contribution in [3.63, 3.8) is 0 Å². The number of aliphatic carboxylic acids is 1. The van der Waals surface area contributed by atoms with E-state index in [2.05, 4.69) is 11.2 Å². The molecule has 1 unspecified atom stereocenters. The minimum absolute atomic E-state index is 0.136. The van der Waals surface area contributed by atoms with Crippen LogP contribution >= 0.6 is 0 Å². The molecule has 3 N–H and O–H groups in total. The van der Waals surface area contributed by atoms with Crippen LogP contribution in [0.4, 0.5) is 5.69 Å². The third kappa shape index (κ3) is 5.32. The van der Waals surface area contributed by atoms with Crippen molar-refractivity contribution < 1.29 is 23.6 Å². The number of rotatable bonds is 10. The number of hydrogen-bond donors (Lipinski definition) is 2. The first-order valence-electron chi connectivity index (χ1n) is 11.1. The Hall–Kier alpha value is -2.82. The maximum atomic E-state index is 13.4. The molecule has 0 saturated heterocycles. The quantitative estimate of drug-likeness (QED) is 0.425. The van der Waals surface area contributed by atoms with Crippen LogP contribution in [0, 0.1) is 12.3 Å². The normalized spacial score (nSPS) is 16.5. The van der Waals surface area contributed by atoms with Crippen molar-refractivity contribution in [1.82, 2.24) is 0 Å². The lowest BCUT2D eigenvalue weighted by Gasteiger charge is -2.20. The molecular weight excluding hydrogens is 424 g/mol. The summed E-state index contributed by atoms with van der Waals surface area (Å²) in [6, 6.07) is 12.8. The van der Waals surface area contributed by atoms with Gasteiger partial charge in [0.2, 0.25) is 0 Å². The van der Waals surface area contributed by atoms with Crippen LogP contribution in [0.15, 0.2) is 47.4 Å². The number of carboxylic acids is 1. The average molecular weight is 456 g/mol. The number of carboxylic acid groups (broad SMARTS) is 1. The fraction of sp³-hybridized carbons (Fsp3) is 0.400. The highest BCUT2D eigenvalue weighted by molar-refractivity contribution is 7.92. The number of nitrogens with zero attached hydrogens (tertiary/aromatic N) is 1. The molecule has 32 heavy (non-hydrogen) atoms. The van der Waals surface area contributed by atoms with Crippen LogP contribution in [-0.4, -0.2) is 33.1 Å². The summed E-state index contributed by atoms with van der Waals surface area (Å²) in [6.07, 6.45) is 11.7. The van der Waals surface area contributed by atoms with Crippen LogP contribution in [-0.2, 0) is 14.8 Å². The summed E-state index contributed by atoms with van der Waals surface area (Å²) in [5.74, 6) is 1.82. The molecule has 170 valence electrons. The van der Waals surface area contributed by atoms with Crippen molar-refractivity contribution in [3.05, 3.63) is 59.2 Å². The summed E-state index contributed by atoms with van der Waals surface area (Å²) in [5.41, 5.74) is 2.97. The summed E-state index contributed by atoms with van der Waals surface area (Å²) in [5, 5.41) is 10.9. The molecule has 0 aliphatic carbocycles. The smallest absolute Gasteiger partial charge is 0.303 e. The SMILES string of the molecule is C#Cc1ccc2c(c1)S(=O)(=O)N(C)c1ccccc1C2[NH2+]CCCCCCCCC(=O)O. The van der Waals surface area contributed by atoms with Gasteiger partial charge in [0.15, 0.2) is 0 Å². The first-order valence-corrected chi connectivity index (χ1v) is 12.5. The highest BCUT2D eigenvalue weighted by Crippen LogP contribution is 2.38. The molecule has 1 heterocycles. The van der Waals surface area contributed by atoms with Crippen LogP contribution in [0.1, 0.15) is 67.7 Å². The molecule has 0 fully saturated rings. The van der Waals surface area contributed by atoms with Gasteiger partial charge in [0.1, 0.15) is 6.04 Å². The lowest BCUT2D eigenvalue weighted by Crippen LogP contribution is -2.85. The third-order valence-electron chi connectivity index (χ3n) is 6.01. The molecule has 6 nitrogen and oxygen atoms in total. The Bertz CT molecular complexity index is 1110. The largest absolute Gasteiger partial charge is 0.481 e. The molecule has 2 aromatic rings. The van der Waals surface area contributed by atoms with Crippen LogP contribution in [0.2, 0.25) is 0 Å². The van der Waals surface area contributed by atoms with E-state index in [4.69, 9.17) is 11.5 Å². The predicted molar refractivity (Wildman–Crippen MR) is 125 cm³/mol. The molecule has 1 aliphatic heterocycles. The lowest BCUT2D eigenvalue weighted by atomic mass is 9.96. The van der Waals surface area contributed by atoms with Gasteiger partial charge in [-0.2, -0.15) is 0 Å². The second-order valence-corrected chi connectivity index (χ2v) is 10.1. The number of quaternary nitrogens is 1. The molecule has 0 bridgehead atoms. The number of sulfonamides is 1. The minimum Gasteiger partial charge on any atom is -0.481 e. The molecule has 1 aliphatic rings. The summed E-state index contributed by atoms with van der Waals surface area (Å²) >= 11 is 0. The highest BCUT2D eigenvalue weighted by atomic mass is 32.2. The van der Waals surface area contributed by atoms with E-state index in [0.29, 0.717) is 11.3 Å². The van der Waals surface area contributed by atoms with Crippen molar-refractivity contribution in [2.75, 3.05) is 17.9 Å². The number of unbranched alkanes of at least 4 members (excludes halogenated alkanes) is 5. The summed E-state index contributed by atoms with van der Waals surface area (Å²) in [7, 11) is -2.12. The van der Waals surface area contributed by atoms with E-state index in [9.17, 15) is 13.2 Å². The van der Waals surface area contributed by atoms with E-state index in [1.165, 1.54) is 4.31 Å². The van der Waals surface area contributed by atoms with Gasteiger partial charge in [-0.05, 0) is 37.5 Å². The second kappa shape index (κ2) is 10.7. The van der Waals surface area contributed by atoms with Gasteiger partial charge in [0, 0.05) is 30.2 Å². The zero-order chi connectivity index (χ0) is 23.1. The molecule has 0 amide bonds. The van der Waals surface area contributed by atoms with Crippen molar-refractivity contribution in [2.45, 2.75) is 55.9 Å². The predicted octanol–water partition coefficient (Wildman–Crippen LogP) is 3.27. The first-order chi connectivity index (χ1) is 15.4. The molecule has 0 aromatic heterocycles. The Kier molecular flexibility index (Phi) is 7.94. The molecule has 3 rings (SSSR count). The van der Waals surface area contributed by atoms with Gasteiger partial charge in [0.05, 0.1) is 17.1 Å². The number of fused-ring (bicyclic) bond motifs is 2. The summed E-state index contributed by atoms with van der Waals surface area (Å²) in [6.45, 7) is 0.869. The van der Waals surface area contributed by atoms with Crippen LogP contribution in [0.5, 0.6) is 0 Å². The van der Waals surface area contributed by atoms with E-state index >= 15 is 0 Å². The Morgan fingerprint density at radius 2 is 1.75 bits per heavy atom. The number of para-hydroxylation sites is 1. The lowest BCUT2D eigenvalue weighted by molar-refractivity contribution is -0.687. The average Bonchev–Trinajstić information content (AvgIpc) is 2.85. The number of benzene rings is 2. The first kappa shape index (κ1) is 23.8. The number of terminal acetylenes is 1. The van der Waals surface area contributed by atoms with E-state index in [1.807, 2.05) is 30.3 Å². The highest BCUT2D eigenvalue weighted by Gasteiger charge is 2.36. The summed E-state index contributed by atoms with van der Waals surface area (Å²) in [4.78, 5) is 10.8. The molecule has 0 radical (unpaired) electrons. The van der Waals surface area contributed by atoms with Crippen molar-refractivity contribution in [2.24, 2.45) is 0 Å². The monoisotopic (exact) mass is 455 g/mol. The molecule has 7 heteroatoms. The van der Waals surface area contributed by atoms with Crippen molar-refractivity contribution in [3.8, 4) is 12.3 Å². The number of anilines is 1. The van der Waals surface area contributed by atoms with Gasteiger partial charge >= 0.3 is 5.97 Å². The molecule has 0 saturated carbocycles. The van der Waals surface area contributed by atoms with E-state index in [-0.39, 0.29) is 17.4 Å². The van der Waals surface area contributed by atoms with E-state index < -0.39 is 16.0 Å². The van der Waals surface area contributed by atoms with Crippen molar-refractivity contribution in [1.29, 1.82) is 0 Å². The van der Waals surface area contributed by atoms with Gasteiger partial charge in [-0.3, -0.25) is 9.10 Å². The van der Waals surface area contributed by atoms with Gasteiger partial charge in [-0.1, -0.05) is 49.4 Å². The topological polar surface area (TPSA) is 91.3 Å². The standard InChI is InChI=1S/C25H30N2O4S/c1-3-19-15-16-21-23(18-19)32(30,31)27(2)22-13-10-9-12-20(22)25(21)26-17-11-7-5-4-6-8-14-24(28)29/h1,9-10,12-13,15-16,18,25-26H,4-8,11,14,17H2,2H3,(H,28,29)/p+1. The van der Waals surface area contributed by atoms with Crippen LogP contribution in [0.3, 0.4) is 0 Å². The third-order valence-corrected chi connectivity index (χ3v) is 7.84. The zero-order valence-electron chi connectivity index (χ0n) is 18.5. The number of carbonyl (C=O) groups is 1. The second-order valence-electron chi connectivity index (χ2n) is 8.20. The van der Waals surface area contributed by atoms with E-state index in [0.717, 1.165) is 56.2 Å². The van der Waals surface area contributed by atoms with Crippen molar-refractivity contribution >= 4 is 21.7 Å². The Morgan fingerprint density at radius 3 is 2.47 bits per heavy atom. The fourth-order valence-electron chi connectivity index (χ4n) is 4.25. The Labute approximate surface area is 190 Å². The van der Waals surface area contributed by atoms with Gasteiger partial charge in [-0.15, -0.1) is 6.42 Å². The molecular formula is C25H31N2O4S+. The Balaban J connectivity index is 1.74. The maximum absolute atomic E-state index is 13.4. The molecule has 2 aromatic carbocycles. The zero-order valence-corrected chi connectivity index (χ0v) is 19.3. The van der Waals surface area contributed by atoms with Crippen LogP contribution in [0.25, 0.3) is 0 Å². The number of hydrogen-bond acceptors (Lipinski definition) is 3. The Morgan fingerprint density at radius 1 is 1.06 bits per heavy atom. The van der Waals surface area contributed by atoms with Gasteiger partial charge in [0.25, 0.3) is 10.0 Å². The van der Waals surface area contributed by atoms with Crippen LogP contribution < -0.4 is 9.62 Å². The maximum Gasteiger partial charge on any atom is 0.303 e. The minimum atomic E-state index is -3.71. The van der Waals surface area contributed by atoms with Gasteiger partial charge in [-0.25, -0.2) is 8.42 Å². The fourth-order valence-corrected chi connectivity index (χ4v) is 5.74.